The van der Waals surface area contributed by atoms with E-state index in [1.807, 2.05) is 12.2 Å². The van der Waals surface area contributed by atoms with Crippen molar-refractivity contribution in [1.82, 2.24) is 0 Å². The fraction of sp³-hybridized carbons (Fsp3) is 0.467. The van der Waals surface area contributed by atoms with Gasteiger partial charge in [-0.25, -0.2) is 9.59 Å². The number of rotatable bonds is 3. The highest BCUT2D eigenvalue weighted by Gasteiger charge is 2.60. The Balaban J connectivity index is 1.76. The van der Waals surface area contributed by atoms with Gasteiger partial charge in [0, 0.05) is 17.6 Å². The summed E-state index contributed by atoms with van der Waals surface area (Å²) in [5.74, 6) is 1.15. The van der Waals surface area contributed by atoms with Crippen LogP contribution < -0.4 is 0 Å². The van der Waals surface area contributed by atoms with E-state index in [1.165, 1.54) is 20.3 Å². The van der Waals surface area contributed by atoms with Gasteiger partial charge < -0.3 is 9.47 Å². The predicted molar refractivity (Wildman–Crippen MR) is 67.8 cm³/mol. The van der Waals surface area contributed by atoms with E-state index in [0.29, 0.717) is 17.8 Å². The normalized spacial score (nSPS) is 37.8. The quantitative estimate of drug-likeness (QED) is 0.438. The number of methoxy groups -OCH3 is 2. The van der Waals surface area contributed by atoms with Crippen LogP contribution in [0.25, 0.3) is 0 Å². The molecule has 1 unspecified atom stereocenters. The first-order chi connectivity index (χ1) is 9.17. The van der Waals surface area contributed by atoms with Crippen LogP contribution >= 0.6 is 0 Å². The Morgan fingerprint density at radius 2 is 1.95 bits per heavy atom. The van der Waals surface area contributed by atoms with Crippen molar-refractivity contribution in [3.8, 4) is 0 Å². The third-order valence-electron chi connectivity index (χ3n) is 4.40. The summed E-state index contributed by atoms with van der Waals surface area (Å²) in [5.41, 5.74) is 0.769. The van der Waals surface area contributed by atoms with Gasteiger partial charge in [-0.1, -0.05) is 24.3 Å². The van der Waals surface area contributed by atoms with E-state index in [9.17, 15) is 9.59 Å². The molecule has 4 rings (SSSR count). The molecule has 0 aromatic rings. The Bertz CT molecular complexity index is 514. The summed E-state index contributed by atoms with van der Waals surface area (Å²) in [6.45, 7) is 0. The molecule has 0 aliphatic heterocycles. The zero-order valence-electron chi connectivity index (χ0n) is 10.9. The lowest BCUT2D eigenvalue weighted by molar-refractivity contribution is -0.137. The van der Waals surface area contributed by atoms with Crippen LogP contribution in [0, 0.1) is 29.6 Å². The molecule has 0 saturated heterocycles. The average molecular weight is 260 g/mol. The molecule has 2 bridgehead atoms. The van der Waals surface area contributed by atoms with Gasteiger partial charge in [0.15, 0.2) is 0 Å². The minimum Gasteiger partial charge on any atom is -0.466 e. The molecular formula is C15H16O4. The lowest BCUT2D eigenvalue weighted by atomic mass is 9.77. The van der Waals surface area contributed by atoms with Gasteiger partial charge in [-0.2, -0.15) is 0 Å². The summed E-state index contributed by atoms with van der Waals surface area (Å²) in [5, 5.41) is 0. The first-order valence-corrected chi connectivity index (χ1v) is 6.42. The summed E-state index contributed by atoms with van der Waals surface area (Å²) in [7, 11) is 2.78. The SMILES string of the molecule is COC(=O)/C=C/C1[C@H]2[C@H]3C=C[C@H](C(C(=O)OC)=C3)[C@@H]12. The fourth-order valence-corrected chi connectivity index (χ4v) is 3.51. The van der Waals surface area contributed by atoms with E-state index < -0.39 is 0 Å². The molecule has 0 radical (unpaired) electrons. The van der Waals surface area contributed by atoms with E-state index >= 15 is 0 Å². The van der Waals surface area contributed by atoms with Gasteiger partial charge in [-0.15, -0.1) is 0 Å². The number of esters is 2. The predicted octanol–water partition coefficient (Wildman–Crippen LogP) is 1.49. The van der Waals surface area contributed by atoms with Crippen molar-refractivity contribution in [3.63, 3.8) is 0 Å². The molecule has 1 fully saturated rings. The summed E-state index contributed by atoms with van der Waals surface area (Å²) in [6.07, 6.45) is 9.68. The van der Waals surface area contributed by atoms with Crippen molar-refractivity contribution in [2.45, 2.75) is 0 Å². The van der Waals surface area contributed by atoms with Crippen LogP contribution in [-0.4, -0.2) is 26.2 Å². The molecule has 0 aromatic carbocycles. The van der Waals surface area contributed by atoms with E-state index in [2.05, 4.69) is 16.9 Å². The smallest absolute Gasteiger partial charge is 0.334 e. The van der Waals surface area contributed by atoms with E-state index in [4.69, 9.17) is 4.74 Å². The zero-order valence-corrected chi connectivity index (χ0v) is 10.9. The number of allylic oxidation sites excluding steroid dienone is 4. The van der Waals surface area contributed by atoms with Gasteiger partial charge in [0.2, 0.25) is 0 Å². The molecule has 5 atom stereocenters. The minimum atomic E-state index is -0.329. The Hall–Kier alpha value is -1.84. The van der Waals surface area contributed by atoms with Gasteiger partial charge >= 0.3 is 11.9 Å². The monoisotopic (exact) mass is 260 g/mol. The van der Waals surface area contributed by atoms with Gasteiger partial charge in [-0.3, -0.25) is 0 Å². The van der Waals surface area contributed by atoms with Gasteiger partial charge in [0.1, 0.15) is 0 Å². The van der Waals surface area contributed by atoms with Crippen LogP contribution in [0.1, 0.15) is 0 Å². The van der Waals surface area contributed by atoms with Gasteiger partial charge in [-0.05, 0) is 23.7 Å². The molecule has 0 spiro atoms. The number of hydrogen-bond acceptors (Lipinski definition) is 4. The topological polar surface area (TPSA) is 52.6 Å². The largest absolute Gasteiger partial charge is 0.466 e. The molecule has 4 nitrogen and oxygen atoms in total. The molecular weight excluding hydrogens is 244 g/mol. The Kier molecular flexibility index (Phi) is 2.81. The second-order valence-electron chi connectivity index (χ2n) is 5.22. The molecule has 0 amide bonds. The molecule has 19 heavy (non-hydrogen) atoms. The molecule has 0 heterocycles. The third-order valence-corrected chi connectivity index (χ3v) is 4.40. The number of ether oxygens (including phenoxy) is 2. The molecule has 100 valence electrons. The minimum absolute atomic E-state index is 0.134. The highest BCUT2D eigenvalue weighted by molar-refractivity contribution is 5.90. The van der Waals surface area contributed by atoms with Crippen LogP contribution in [0.3, 0.4) is 0 Å². The Labute approximate surface area is 111 Å². The second kappa shape index (κ2) is 4.37. The van der Waals surface area contributed by atoms with Crippen LogP contribution in [0.4, 0.5) is 0 Å². The second-order valence-corrected chi connectivity index (χ2v) is 5.22. The first kappa shape index (κ1) is 12.2. The summed E-state index contributed by atoms with van der Waals surface area (Å²) in [6, 6.07) is 0. The molecule has 4 aliphatic rings. The van der Waals surface area contributed by atoms with E-state index in [0.717, 1.165) is 5.57 Å². The van der Waals surface area contributed by atoms with Crippen LogP contribution in [0.15, 0.2) is 36.0 Å². The zero-order chi connectivity index (χ0) is 13.6. The Morgan fingerprint density at radius 1 is 1.16 bits per heavy atom. The highest BCUT2D eigenvalue weighted by Crippen LogP contribution is 2.63. The van der Waals surface area contributed by atoms with Crippen molar-refractivity contribution in [2.24, 2.45) is 29.6 Å². The summed E-state index contributed by atoms with van der Waals surface area (Å²) in [4.78, 5) is 22.9. The van der Waals surface area contributed by atoms with Crippen molar-refractivity contribution in [2.75, 3.05) is 14.2 Å². The van der Waals surface area contributed by atoms with Gasteiger partial charge in [0.05, 0.1) is 14.2 Å². The maximum atomic E-state index is 11.7. The number of carbonyl (C=O) groups is 2. The Morgan fingerprint density at radius 3 is 2.63 bits per heavy atom. The first-order valence-electron chi connectivity index (χ1n) is 6.42. The van der Waals surface area contributed by atoms with E-state index in [-0.39, 0.29) is 23.8 Å². The molecule has 0 N–H and O–H groups in total. The summed E-state index contributed by atoms with van der Waals surface area (Å²) >= 11 is 0. The molecule has 0 aromatic heterocycles. The standard InChI is InChI=1S/C15H16O4/c1-18-12(16)6-5-10-13-8-3-4-9(14(10)13)11(7-8)15(17)19-2/h3-10,13-14H,1-2H3/b6-5+/t8-,9+,10?,13+,14-/m0/s1. The van der Waals surface area contributed by atoms with Crippen molar-refractivity contribution >= 4 is 11.9 Å². The van der Waals surface area contributed by atoms with Crippen LogP contribution in [0.2, 0.25) is 0 Å². The van der Waals surface area contributed by atoms with E-state index in [1.54, 1.807) is 0 Å². The highest BCUT2D eigenvalue weighted by atomic mass is 16.5. The summed E-state index contributed by atoms with van der Waals surface area (Å²) < 4.78 is 9.43. The van der Waals surface area contributed by atoms with Crippen LogP contribution in [0.5, 0.6) is 0 Å². The lowest BCUT2D eigenvalue weighted by Gasteiger charge is -2.28. The van der Waals surface area contributed by atoms with Gasteiger partial charge in [0.25, 0.3) is 0 Å². The molecule has 4 heteroatoms. The fourth-order valence-electron chi connectivity index (χ4n) is 3.51. The maximum absolute atomic E-state index is 11.7. The average Bonchev–Trinajstić information content (AvgIpc) is 3.20. The molecule has 1 saturated carbocycles. The lowest BCUT2D eigenvalue weighted by Crippen LogP contribution is -2.25. The van der Waals surface area contributed by atoms with Crippen molar-refractivity contribution in [3.05, 3.63) is 36.0 Å². The van der Waals surface area contributed by atoms with Crippen molar-refractivity contribution in [1.29, 1.82) is 0 Å². The number of carbonyl (C=O) groups excluding carboxylic acids is 2. The molecule has 4 aliphatic carbocycles. The van der Waals surface area contributed by atoms with Crippen LogP contribution in [-0.2, 0) is 19.1 Å². The van der Waals surface area contributed by atoms with Crippen molar-refractivity contribution < 1.29 is 19.1 Å². The number of hydrogen-bond donors (Lipinski definition) is 0. The third kappa shape index (κ3) is 1.82. The maximum Gasteiger partial charge on any atom is 0.334 e.